The van der Waals surface area contributed by atoms with E-state index in [0.29, 0.717) is 37.3 Å². The smallest absolute Gasteiger partial charge is 0.261 e. The molecule has 0 saturated carbocycles. The molecule has 1 aliphatic rings. The average molecular weight is 369 g/mol. The molecule has 140 valence electrons. The molecule has 2 aromatic rings. The van der Waals surface area contributed by atoms with E-state index in [1.807, 2.05) is 0 Å². The van der Waals surface area contributed by atoms with Crippen LogP contribution in [0.2, 0.25) is 0 Å². The Kier molecular flexibility index (Phi) is 5.07. The number of aromatic nitrogens is 1. The topological polar surface area (TPSA) is 111 Å². The Morgan fingerprint density at radius 2 is 1.59 bits per heavy atom. The lowest BCUT2D eigenvalue weighted by molar-refractivity contribution is 0.0534. The van der Waals surface area contributed by atoms with E-state index in [0.717, 1.165) is 12.1 Å². The van der Waals surface area contributed by atoms with Crippen LogP contribution >= 0.6 is 0 Å². The standard InChI is InChI=1S/C19H19N3O5/c1-12-9-15(23)17(25)16(24)10-14(12)19(27)22-7-5-21(6-8-22)18(26)13-3-2-4-20-11-13/h2-4,9-11H,5-8H2,1H3,(H2,23,24,25). The minimum Gasteiger partial charge on any atom is -0.504 e. The molecule has 0 unspecified atom stereocenters. The molecule has 3 rings (SSSR count). The first-order valence-corrected chi connectivity index (χ1v) is 8.44. The number of amides is 2. The Morgan fingerprint density at radius 3 is 2.19 bits per heavy atom. The van der Waals surface area contributed by atoms with Gasteiger partial charge in [0, 0.05) is 44.1 Å². The largest absolute Gasteiger partial charge is 0.504 e. The molecule has 1 saturated heterocycles. The number of aromatic hydroxyl groups is 2. The van der Waals surface area contributed by atoms with E-state index in [1.54, 1.807) is 35.1 Å². The van der Waals surface area contributed by atoms with E-state index in [4.69, 9.17) is 0 Å². The number of rotatable bonds is 2. The summed E-state index contributed by atoms with van der Waals surface area (Å²) in [6.07, 6.45) is 3.10. The molecule has 0 spiro atoms. The second-order valence-electron chi connectivity index (χ2n) is 6.31. The van der Waals surface area contributed by atoms with Crippen LogP contribution in [0.3, 0.4) is 0 Å². The van der Waals surface area contributed by atoms with E-state index in [2.05, 4.69) is 4.98 Å². The summed E-state index contributed by atoms with van der Waals surface area (Å²) in [7, 11) is 0. The molecule has 1 aromatic carbocycles. The van der Waals surface area contributed by atoms with Crippen molar-refractivity contribution in [1.29, 1.82) is 0 Å². The van der Waals surface area contributed by atoms with Crippen molar-refractivity contribution in [3.63, 3.8) is 0 Å². The van der Waals surface area contributed by atoms with Gasteiger partial charge >= 0.3 is 0 Å². The van der Waals surface area contributed by atoms with E-state index >= 15 is 0 Å². The van der Waals surface area contributed by atoms with Crippen LogP contribution in [0.1, 0.15) is 26.3 Å². The van der Waals surface area contributed by atoms with Gasteiger partial charge in [0.15, 0.2) is 11.5 Å². The SMILES string of the molecule is Cc1cc(O)c(=O)c(O)cc1C(=O)N1CCN(C(=O)c2cccnc2)CC1. The molecule has 1 fully saturated rings. The van der Waals surface area contributed by atoms with Crippen LogP contribution in [0.25, 0.3) is 0 Å². The lowest BCUT2D eigenvalue weighted by Gasteiger charge is -2.35. The third kappa shape index (κ3) is 3.74. The molecule has 8 heteroatoms. The fourth-order valence-electron chi connectivity index (χ4n) is 2.98. The van der Waals surface area contributed by atoms with E-state index in [1.165, 1.54) is 6.20 Å². The number of piperazine rings is 1. The summed E-state index contributed by atoms with van der Waals surface area (Å²) >= 11 is 0. The van der Waals surface area contributed by atoms with Gasteiger partial charge in [-0.05, 0) is 36.8 Å². The van der Waals surface area contributed by atoms with Crippen LogP contribution < -0.4 is 5.43 Å². The normalized spacial score (nSPS) is 14.1. The van der Waals surface area contributed by atoms with Gasteiger partial charge in [0.25, 0.3) is 17.2 Å². The van der Waals surface area contributed by atoms with Crippen LogP contribution in [0, 0.1) is 6.92 Å². The van der Waals surface area contributed by atoms with Crippen LogP contribution in [0.4, 0.5) is 0 Å². The highest BCUT2D eigenvalue weighted by molar-refractivity contribution is 5.97. The number of nitrogens with zero attached hydrogens (tertiary/aromatic N) is 3. The van der Waals surface area contributed by atoms with E-state index in [-0.39, 0.29) is 17.4 Å². The summed E-state index contributed by atoms with van der Waals surface area (Å²) < 4.78 is 0. The maximum Gasteiger partial charge on any atom is 0.261 e. The van der Waals surface area contributed by atoms with Crippen molar-refractivity contribution in [3.05, 3.63) is 63.6 Å². The molecule has 2 heterocycles. The Morgan fingerprint density at radius 1 is 1.00 bits per heavy atom. The number of hydrogen-bond acceptors (Lipinski definition) is 6. The third-order valence-corrected chi connectivity index (χ3v) is 4.52. The number of aryl methyl sites for hydroxylation is 1. The van der Waals surface area contributed by atoms with Crippen LogP contribution in [-0.4, -0.2) is 63.0 Å². The van der Waals surface area contributed by atoms with Crippen molar-refractivity contribution in [2.24, 2.45) is 0 Å². The van der Waals surface area contributed by atoms with Gasteiger partial charge in [-0.3, -0.25) is 19.4 Å². The molecular weight excluding hydrogens is 350 g/mol. The van der Waals surface area contributed by atoms with E-state index < -0.39 is 16.9 Å². The van der Waals surface area contributed by atoms with Crippen LogP contribution in [-0.2, 0) is 0 Å². The quantitative estimate of drug-likeness (QED) is 0.809. The highest BCUT2D eigenvalue weighted by atomic mass is 16.3. The summed E-state index contributed by atoms with van der Waals surface area (Å²) in [6, 6.07) is 5.62. The second-order valence-corrected chi connectivity index (χ2v) is 6.31. The molecular formula is C19H19N3O5. The summed E-state index contributed by atoms with van der Waals surface area (Å²) in [4.78, 5) is 44.0. The predicted octanol–water partition coefficient (Wildman–Crippen LogP) is 0.760. The van der Waals surface area contributed by atoms with Crippen molar-refractivity contribution in [3.8, 4) is 11.5 Å². The molecule has 1 aromatic heterocycles. The van der Waals surface area contributed by atoms with Crippen molar-refractivity contribution < 1.29 is 19.8 Å². The first-order valence-electron chi connectivity index (χ1n) is 8.44. The van der Waals surface area contributed by atoms with Gasteiger partial charge < -0.3 is 20.0 Å². The lowest BCUT2D eigenvalue weighted by Crippen LogP contribution is -2.50. The summed E-state index contributed by atoms with van der Waals surface area (Å²) in [5.41, 5.74) is 0.0799. The molecule has 0 aliphatic carbocycles. The number of pyridine rings is 1. The monoisotopic (exact) mass is 369 g/mol. The summed E-state index contributed by atoms with van der Waals surface area (Å²) in [5, 5.41) is 19.4. The zero-order valence-electron chi connectivity index (χ0n) is 14.8. The fraction of sp³-hybridized carbons (Fsp3) is 0.263. The molecule has 2 N–H and O–H groups in total. The van der Waals surface area contributed by atoms with Gasteiger partial charge in [-0.1, -0.05) is 0 Å². The maximum absolute atomic E-state index is 12.8. The molecule has 1 aliphatic heterocycles. The Hall–Kier alpha value is -3.42. The Bertz CT molecular complexity index is 938. The molecule has 0 radical (unpaired) electrons. The van der Waals surface area contributed by atoms with Gasteiger partial charge in [-0.2, -0.15) is 0 Å². The zero-order chi connectivity index (χ0) is 19.6. The van der Waals surface area contributed by atoms with Gasteiger partial charge in [-0.25, -0.2) is 0 Å². The van der Waals surface area contributed by atoms with Gasteiger partial charge in [0.2, 0.25) is 0 Å². The summed E-state index contributed by atoms with van der Waals surface area (Å²) in [6.45, 7) is 2.94. The maximum atomic E-state index is 12.8. The van der Waals surface area contributed by atoms with E-state index in [9.17, 15) is 24.6 Å². The molecule has 0 atom stereocenters. The number of carbonyl (C=O) groups excluding carboxylic acids is 2. The fourth-order valence-corrected chi connectivity index (χ4v) is 2.98. The summed E-state index contributed by atoms with van der Waals surface area (Å²) in [5.74, 6) is -1.81. The molecule has 27 heavy (non-hydrogen) atoms. The Balaban J connectivity index is 1.74. The van der Waals surface area contributed by atoms with Gasteiger partial charge in [0.1, 0.15) is 0 Å². The first-order chi connectivity index (χ1) is 12.9. The Labute approximate surface area is 155 Å². The first kappa shape index (κ1) is 18.4. The van der Waals surface area contributed by atoms with Gasteiger partial charge in [-0.15, -0.1) is 0 Å². The van der Waals surface area contributed by atoms with Crippen molar-refractivity contribution in [1.82, 2.24) is 14.8 Å². The molecule has 8 nitrogen and oxygen atoms in total. The van der Waals surface area contributed by atoms with Crippen molar-refractivity contribution >= 4 is 11.8 Å². The van der Waals surface area contributed by atoms with Crippen LogP contribution in [0.15, 0.2) is 41.5 Å². The van der Waals surface area contributed by atoms with Crippen molar-refractivity contribution in [2.45, 2.75) is 6.92 Å². The highest BCUT2D eigenvalue weighted by Gasteiger charge is 2.26. The lowest BCUT2D eigenvalue weighted by atomic mass is 10.1. The van der Waals surface area contributed by atoms with Gasteiger partial charge in [0.05, 0.1) is 5.56 Å². The molecule has 2 amide bonds. The van der Waals surface area contributed by atoms with Crippen molar-refractivity contribution in [2.75, 3.05) is 26.2 Å². The predicted molar refractivity (Wildman–Crippen MR) is 96.8 cm³/mol. The number of carbonyl (C=O) groups is 2. The zero-order valence-corrected chi connectivity index (χ0v) is 14.8. The van der Waals surface area contributed by atoms with Crippen LogP contribution in [0.5, 0.6) is 11.5 Å². The number of hydrogen-bond donors (Lipinski definition) is 2. The third-order valence-electron chi connectivity index (χ3n) is 4.52. The minimum absolute atomic E-state index is 0.136. The average Bonchev–Trinajstić information content (AvgIpc) is 2.79. The minimum atomic E-state index is -0.927. The molecule has 0 bridgehead atoms. The second kappa shape index (κ2) is 7.45. The highest BCUT2D eigenvalue weighted by Crippen LogP contribution is 2.19.